The van der Waals surface area contributed by atoms with Crippen LogP contribution in [0.25, 0.3) is 0 Å². The molecule has 0 atom stereocenters. The van der Waals surface area contributed by atoms with Gasteiger partial charge in [0.05, 0.1) is 0 Å². The molecule has 0 saturated carbocycles. The van der Waals surface area contributed by atoms with Crippen LogP contribution in [0.3, 0.4) is 0 Å². The molecular weight excluding hydrogens is 248 g/mol. The Balaban J connectivity index is 2.11. The van der Waals surface area contributed by atoms with Gasteiger partial charge in [-0.1, -0.05) is 6.07 Å². The molecule has 0 unspecified atom stereocenters. The van der Waals surface area contributed by atoms with Crippen molar-refractivity contribution in [2.45, 2.75) is 20.1 Å². The first-order valence-electron chi connectivity index (χ1n) is 5.96. The fourth-order valence-electron chi connectivity index (χ4n) is 1.73. The van der Waals surface area contributed by atoms with Crippen molar-refractivity contribution in [1.29, 1.82) is 0 Å². The van der Waals surface area contributed by atoms with E-state index in [1.54, 1.807) is 25.1 Å². The number of aryl methyl sites for hydroxylation is 1. The summed E-state index contributed by atoms with van der Waals surface area (Å²) in [6.45, 7) is 2.09. The number of benzene rings is 2. The lowest BCUT2D eigenvalue weighted by Gasteiger charge is -2.09. The molecule has 100 valence electrons. The molecule has 2 aromatic carbocycles. The Morgan fingerprint density at radius 2 is 1.79 bits per heavy atom. The zero-order valence-corrected chi connectivity index (χ0v) is 10.6. The monoisotopic (exact) mass is 263 g/mol. The van der Waals surface area contributed by atoms with Crippen molar-refractivity contribution in [2.75, 3.05) is 0 Å². The van der Waals surface area contributed by atoms with Gasteiger partial charge in [0.2, 0.25) is 0 Å². The average Bonchev–Trinajstić information content (AvgIpc) is 2.41. The summed E-state index contributed by atoms with van der Waals surface area (Å²) in [4.78, 5) is 0. The molecule has 2 N–H and O–H groups in total. The molecule has 0 spiro atoms. The van der Waals surface area contributed by atoms with Crippen LogP contribution in [-0.2, 0) is 13.2 Å². The van der Waals surface area contributed by atoms with Gasteiger partial charge >= 0.3 is 0 Å². The lowest BCUT2D eigenvalue weighted by Crippen LogP contribution is -2.02. The maximum absolute atomic E-state index is 13.6. The fourth-order valence-corrected chi connectivity index (χ4v) is 1.73. The van der Waals surface area contributed by atoms with E-state index in [2.05, 4.69) is 0 Å². The maximum atomic E-state index is 13.6. The van der Waals surface area contributed by atoms with Crippen LogP contribution >= 0.6 is 0 Å². The quantitative estimate of drug-likeness (QED) is 0.918. The Kier molecular flexibility index (Phi) is 4.12. The third kappa shape index (κ3) is 3.29. The summed E-state index contributed by atoms with van der Waals surface area (Å²) in [5.74, 6) is -0.115. The second kappa shape index (κ2) is 5.80. The van der Waals surface area contributed by atoms with Crippen molar-refractivity contribution in [3.8, 4) is 5.75 Å². The van der Waals surface area contributed by atoms with E-state index in [0.29, 0.717) is 23.4 Å². The van der Waals surface area contributed by atoms with Gasteiger partial charge in [-0.2, -0.15) is 0 Å². The smallest absolute Gasteiger partial charge is 0.129 e. The van der Waals surface area contributed by atoms with Crippen LogP contribution in [-0.4, -0.2) is 0 Å². The Bertz CT molecular complexity index is 584. The molecule has 0 saturated heterocycles. The summed E-state index contributed by atoms with van der Waals surface area (Å²) in [7, 11) is 0. The second-order valence-corrected chi connectivity index (χ2v) is 4.33. The van der Waals surface area contributed by atoms with Crippen molar-refractivity contribution in [3.63, 3.8) is 0 Å². The number of halogens is 2. The summed E-state index contributed by atoms with van der Waals surface area (Å²) >= 11 is 0. The zero-order chi connectivity index (χ0) is 13.8. The summed E-state index contributed by atoms with van der Waals surface area (Å²) in [5.41, 5.74) is 7.28. The van der Waals surface area contributed by atoms with E-state index in [4.69, 9.17) is 10.5 Å². The topological polar surface area (TPSA) is 35.2 Å². The summed E-state index contributed by atoms with van der Waals surface area (Å²) in [6.07, 6.45) is 0. The van der Waals surface area contributed by atoms with E-state index in [0.717, 1.165) is 5.56 Å². The Labute approximate surface area is 110 Å². The van der Waals surface area contributed by atoms with Gasteiger partial charge < -0.3 is 10.5 Å². The van der Waals surface area contributed by atoms with Crippen LogP contribution in [0.5, 0.6) is 5.75 Å². The number of hydrogen-bond donors (Lipinski definition) is 1. The van der Waals surface area contributed by atoms with Gasteiger partial charge in [-0.05, 0) is 48.4 Å². The molecule has 0 fully saturated rings. The molecule has 0 aliphatic carbocycles. The van der Waals surface area contributed by atoms with Crippen LogP contribution in [0, 0.1) is 18.6 Å². The van der Waals surface area contributed by atoms with E-state index in [1.165, 1.54) is 18.2 Å². The minimum Gasteiger partial charge on any atom is -0.489 e. The molecule has 2 rings (SSSR count). The molecule has 2 nitrogen and oxygen atoms in total. The first-order chi connectivity index (χ1) is 9.10. The molecule has 0 bridgehead atoms. The minimum absolute atomic E-state index is 0.0880. The number of ether oxygens (including phenoxy) is 1. The van der Waals surface area contributed by atoms with Crippen LogP contribution in [0.15, 0.2) is 36.4 Å². The Morgan fingerprint density at radius 3 is 2.47 bits per heavy atom. The predicted molar refractivity (Wildman–Crippen MR) is 69.8 cm³/mol. The highest BCUT2D eigenvalue weighted by Crippen LogP contribution is 2.18. The molecule has 0 aromatic heterocycles. The van der Waals surface area contributed by atoms with E-state index >= 15 is 0 Å². The first kappa shape index (κ1) is 13.5. The van der Waals surface area contributed by atoms with Gasteiger partial charge in [0.1, 0.15) is 24.0 Å². The first-order valence-corrected chi connectivity index (χ1v) is 5.96. The summed E-state index contributed by atoms with van der Waals surface area (Å²) in [5, 5.41) is 0. The minimum atomic E-state index is -0.337. The molecule has 0 radical (unpaired) electrons. The molecule has 0 amide bonds. The largest absolute Gasteiger partial charge is 0.489 e. The lowest BCUT2D eigenvalue weighted by atomic mass is 10.1. The summed E-state index contributed by atoms with van der Waals surface area (Å²) in [6, 6.07) is 9.12. The third-order valence-electron chi connectivity index (χ3n) is 2.87. The van der Waals surface area contributed by atoms with E-state index in [-0.39, 0.29) is 18.2 Å². The molecule has 4 heteroatoms. The van der Waals surface area contributed by atoms with Crippen LogP contribution in [0.4, 0.5) is 8.78 Å². The molecule has 2 aromatic rings. The highest BCUT2D eigenvalue weighted by atomic mass is 19.1. The standard InChI is InChI=1S/C15H15F2NO/c1-10-6-13(3-5-14(10)16)19-9-12-7-11(8-18)2-4-15(12)17/h2-7H,8-9,18H2,1H3. The highest BCUT2D eigenvalue weighted by Gasteiger charge is 2.05. The Hall–Kier alpha value is -1.94. The van der Waals surface area contributed by atoms with E-state index in [1.807, 2.05) is 0 Å². The Morgan fingerprint density at radius 1 is 1.05 bits per heavy atom. The molecular formula is C15H15F2NO. The summed E-state index contributed by atoms with van der Waals surface area (Å²) < 4.78 is 32.1. The lowest BCUT2D eigenvalue weighted by molar-refractivity contribution is 0.299. The number of nitrogens with two attached hydrogens (primary N) is 1. The van der Waals surface area contributed by atoms with Crippen molar-refractivity contribution >= 4 is 0 Å². The van der Waals surface area contributed by atoms with Crippen LogP contribution in [0.1, 0.15) is 16.7 Å². The van der Waals surface area contributed by atoms with Crippen LogP contribution in [0.2, 0.25) is 0 Å². The van der Waals surface area contributed by atoms with Crippen LogP contribution < -0.4 is 10.5 Å². The number of rotatable bonds is 4. The van der Waals surface area contributed by atoms with Gasteiger partial charge in [-0.15, -0.1) is 0 Å². The normalized spacial score (nSPS) is 10.5. The van der Waals surface area contributed by atoms with Gasteiger partial charge in [-0.3, -0.25) is 0 Å². The fraction of sp³-hybridized carbons (Fsp3) is 0.200. The van der Waals surface area contributed by atoms with Crippen molar-refractivity contribution in [1.82, 2.24) is 0 Å². The van der Waals surface area contributed by atoms with E-state index < -0.39 is 0 Å². The molecule has 0 aliphatic rings. The molecule has 0 aliphatic heterocycles. The number of hydrogen-bond acceptors (Lipinski definition) is 2. The van der Waals surface area contributed by atoms with Crippen molar-refractivity contribution in [2.24, 2.45) is 5.73 Å². The molecule has 0 heterocycles. The average molecular weight is 263 g/mol. The third-order valence-corrected chi connectivity index (χ3v) is 2.87. The predicted octanol–water partition coefficient (Wildman–Crippen LogP) is 3.31. The maximum Gasteiger partial charge on any atom is 0.129 e. The van der Waals surface area contributed by atoms with Gasteiger partial charge in [0.25, 0.3) is 0 Å². The molecule has 19 heavy (non-hydrogen) atoms. The highest BCUT2D eigenvalue weighted by molar-refractivity contribution is 5.30. The van der Waals surface area contributed by atoms with E-state index in [9.17, 15) is 8.78 Å². The van der Waals surface area contributed by atoms with Gasteiger partial charge in [0, 0.05) is 12.1 Å². The zero-order valence-electron chi connectivity index (χ0n) is 10.6. The van der Waals surface area contributed by atoms with Crippen molar-refractivity contribution < 1.29 is 13.5 Å². The van der Waals surface area contributed by atoms with Crippen molar-refractivity contribution in [3.05, 3.63) is 64.7 Å². The van der Waals surface area contributed by atoms with Gasteiger partial charge in [0.15, 0.2) is 0 Å². The SMILES string of the molecule is Cc1cc(OCc2cc(CN)ccc2F)ccc1F. The van der Waals surface area contributed by atoms with Gasteiger partial charge in [-0.25, -0.2) is 8.78 Å². The second-order valence-electron chi connectivity index (χ2n) is 4.33.